The third-order valence-corrected chi connectivity index (χ3v) is 20.7. The molecule has 4 saturated heterocycles. The van der Waals surface area contributed by atoms with Gasteiger partial charge in [0.15, 0.2) is 5.78 Å². The van der Waals surface area contributed by atoms with Crippen LogP contribution in [0.2, 0.25) is 0 Å². The summed E-state index contributed by atoms with van der Waals surface area (Å²) in [5.41, 5.74) is -0.594. The zero-order valence-corrected chi connectivity index (χ0v) is 71.5. The number of nitrogens with one attached hydrogen (secondary N) is 5. The number of rotatable bonds is 58. The van der Waals surface area contributed by atoms with Gasteiger partial charge in [-0.1, -0.05) is 6.07 Å². The number of halogens is 6. The molecular weight excluding hydrogens is 1720 g/mol. The Balaban J connectivity index is 0.546. The molecule has 0 unspecified atom stereocenters. The first-order chi connectivity index (χ1) is 62.2. The lowest BCUT2D eigenvalue weighted by atomic mass is 9.97. The van der Waals surface area contributed by atoms with E-state index in [0.29, 0.717) is 79.0 Å². The fraction of sp³-hybridized carbons (Fsp3) is 0.654. The number of ether oxygens (including phenoxy) is 15. The van der Waals surface area contributed by atoms with Crippen LogP contribution in [0.15, 0.2) is 67.4 Å². The third-order valence-electron chi connectivity index (χ3n) is 20.7. The van der Waals surface area contributed by atoms with Crippen molar-refractivity contribution in [3.8, 4) is 17.3 Å². The number of alkyl halides is 6. The molecule has 712 valence electrons. The average molecular weight is 1840 g/mol. The van der Waals surface area contributed by atoms with Gasteiger partial charge in [-0.15, -0.1) is 0 Å². The molecule has 0 aromatic carbocycles. The van der Waals surface area contributed by atoms with Gasteiger partial charge in [0.05, 0.1) is 219 Å². The number of fused-ring (bicyclic) bond motifs is 2. The Kier molecular flexibility index (Phi) is 41.3. The van der Waals surface area contributed by atoms with Crippen molar-refractivity contribution < 1.29 is 142 Å². The summed E-state index contributed by atoms with van der Waals surface area (Å²) < 4.78 is 162. The molecule has 48 heteroatoms. The van der Waals surface area contributed by atoms with Crippen LogP contribution in [-0.2, 0) is 104 Å². The Bertz CT molecular complexity index is 4180. The molecule has 10 heterocycles. The average Bonchev–Trinajstić information content (AvgIpc) is 1.59. The predicted molar refractivity (Wildman–Crippen MR) is 439 cm³/mol. The monoisotopic (exact) mass is 1830 g/mol. The number of hydrogen-bond acceptors (Lipinski definition) is 37. The van der Waals surface area contributed by atoms with Gasteiger partial charge in [-0.25, -0.2) is 44.7 Å². The second-order valence-electron chi connectivity index (χ2n) is 30.4. The van der Waals surface area contributed by atoms with Crippen LogP contribution >= 0.6 is 0 Å². The number of carbonyl (C=O) groups is 5. The number of aliphatic hydroxyl groups is 4. The van der Waals surface area contributed by atoms with Crippen LogP contribution < -0.4 is 36.4 Å². The Morgan fingerprint density at radius 1 is 0.558 bits per heavy atom. The number of urea groups is 1. The Morgan fingerprint density at radius 2 is 1.05 bits per heavy atom. The Labute approximate surface area is 739 Å². The zero-order chi connectivity index (χ0) is 92.0. The number of Topliss-reactive ketones (excluding diaryl/α,β-unsaturated/α-hetero) is 1. The number of aromatic nitrogens is 8. The van der Waals surface area contributed by atoms with Gasteiger partial charge in [-0.3, -0.25) is 19.2 Å². The molecule has 4 fully saturated rings. The van der Waals surface area contributed by atoms with Crippen molar-refractivity contribution in [3.63, 3.8) is 0 Å². The summed E-state index contributed by atoms with van der Waals surface area (Å²) in [6, 6.07) is 7.79. The van der Waals surface area contributed by atoms with E-state index in [1.54, 1.807) is 41.7 Å². The number of nitrogens with zero attached hydrogens (tertiary/aromatic N) is 13. The number of amides is 5. The van der Waals surface area contributed by atoms with E-state index in [4.69, 9.17) is 86.0 Å². The normalized spacial score (nSPS) is 20.4. The number of hydrogen-bond donors (Lipinski definition) is 9. The molecule has 9 N–H and O–H groups in total. The molecule has 9 atom stereocenters. The van der Waals surface area contributed by atoms with Crippen LogP contribution in [0, 0.1) is 11.3 Å². The van der Waals surface area contributed by atoms with Crippen molar-refractivity contribution in [2.75, 3.05) is 251 Å². The maximum Gasteiger partial charge on any atom is 0.433 e. The van der Waals surface area contributed by atoms with E-state index >= 15 is 0 Å². The van der Waals surface area contributed by atoms with E-state index in [1.807, 2.05) is 34.6 Å². The number of aliphatic hydroxyl groups excluding tert-OH is 4. The lowest BCUT2D eigenvalue weighted by molar-refractivity contribution is -0.161. The van der Waals surface area contributed by atoms with Crippen molar-refractivity contribution in [1.29, 1.82) is 5.26 Å². The van der Waals surface area contributed by atoms with Crippen LogP contribution in [0.4, 0.5) is 54.8 Å². The van der Waals surface area contributed by atoms with Gasteiger partial charge in [-0.05, 0) is 44.2 Å². The fourth-order valence-corrected chi connectivity index (χ4v) is 13.8. The first-order valence-electron chi connectivity index (χ1n) is 42.2. The second kappa shape index (κ2) is 52.4. The molecular formula is C81H112F6N18O24. The Hall–Kier alpha value is -9.60. The topological polar surface area (TPSA) is 505 Å². The maximum atomic E-state index is 13.6. The zero-order valence-electron chi connectivity index (χ0n) is 71.5. The molecule has 42 nitrogen and oxygen atoms in total. The van der Waals surface area contributed by atoms with E-state index in [0.717, 1.165) is 12.4 Å². The summed E-state index contributed by atoms with van der Waals surface area (Å²) >= 11 is 0. The minimum absolute atomic E-state index is 0.00802. The first kappa shape index (κ1) is 102. The highest BCUT2D eigenvalue weighted by Gasteiger charge is 2.47. The summed E-state index contributed by atoms with van der Waals surface area (Å²) in [6.07, 6.45) is -10.1. The van der Waals surface area contributed by atoms with E-state index < -0.39 is 89.9 Å². The van der Waals surface area contributed by atoms with Crippen LogP contribution in [0.25, 0.3) is 11.3 Å². The summed E-state index contributed by atoms with van der Waals surface area (Å²) in [7, 11) is 0. The highest BCUT2D eigenvalue weighted by molar-refractivity contribution is 6.13. The second-order valence-corrected chi connectivity index (χ2v) is 30.4. The van der Waals surface area contributed by atoms with E-state index in [-0.39, 0.29) is 265 Å². The summed E-state index contributed by atoms with van der Waals surface area (Å²) in [6.45, 7) is 9.60. The molecule has 5 aromatic heterocycles. The van der Waals surface area contributed by atoms with Gasteiger partial charge < -0.3 is 138 Å². The van der Waals surface area contributed by atoms with Gasteiger partial charge >= 0.3 is 18.4 Å². The standard InChI is InChI=1S/C81H112F6N18O24/c1-79(2)73(113)57-5-6-58(97-74(57)105(79)43-53-4-3-11-89-59(53)40-88)54-41-94-77(95-42-54)102-16-17-104-56(44-102)45-103(78(104)114)18-23-117-26-29-120-36-39-127-52-68(108)96-55(46-123-19-9-66(106)90-14-21-115-24-27-118-30-32-121-34-37-125-50-62-71(111)69(109)60(48-128-62)98-75-92-12-7-64(100-75)80(82,83)84)47-124-20-10-67(107)91-15-22-116-25-28-119-31-33-122-35-38-126-51-63-72(112)70(110)61(49-129-63)99-76-93-13-8-65(101-76)81(85,86)87/h3-8,11-13,41-42,55-56,60-63,69-72,109-112H,9-10,14-39,43-52H2,1-2H3,(H,90,106)(H,91,107)(H,96,108)(H,92,98,100)(H,93,99,101)/t56-,60-,61-,62+,63+,69+,70+,71-,72-/m0/s1. The summed E-state index contributed by atoms with van der Waals surface area (Å²) in [5, 5.41) is 65.4. The van der Waals surface area contributed by atoms with E-state index in [9.17, 15) is 76.0 Å². The summed E-state index contributed by atoms with van der Waals surface area (Å²) in [4.78, 5) is 106. The minimum Gasteiger partial charge on any atom is -0.388 e. The van der Waals surface area contributed by atoms with Crippen molar-refractivity contribution in [2.45, 2.75) is 112 Å². The fourth-order valence-electron chi connectivity index (χ4n) is 13.8. The molecule has 5 aromatic rings. The number of ketones is 1. The lowest BCUT2D eigenvalue weighted by Gasteiger charge is -2.37. The molecule has 5 amide bonds. The van der Waals surface area contributed by atoms with Crippen molar-refractivity contribution >= 4 is 53.2 Å². The lowest BCUT2D eigenvalue weighted by Crippen LogP contribution is -2.57. The molecule has 0 spiro atoms. The van der Waals surface area contributed by atoms with Crippen LogP contribution in [-0.4, -0.2) is 397 Å². The van der Waals surface area contributed by atoms with Crippen LogP contribution in [0.1, 0.15) is 59.7 Å². The SMILES string of the molecule is CC1(C)C(=O)c2ccc(-c3cnc(N4CCN5C(=O)N(CCOCCOCCOCC(=O)NC(COCCC(=O)NCCOCCOCCOCCOC[C@H]6OC[C@H](Nc7nccc(C(F)(F)F)n7)[C@@H](O)[C@H]6O)COCCC(=O)NCCOCCOCCOCCOC[C@H]6OC[C@H](Nc7nccc(C(F)(F)F)n7)[C@@H](O)[C@H]6O)C[C@@H]5C4)nc3)nc2N1Cc1cccnc1C#N. The number of piperazine rings is 1. The largest absolute Gasteiger partial charge is 0.433 e. The third kappa shape index (κ3) is 32.4. The quantitative estimate of drug-likeness (QED) is 0.0186. The highest BCUT2D eigenvalue weighted by atomic mass is 19.4. The van der Waals surface area contributed by atoms with Gasteiger partial charge in [0, 0.05) is 107 Å². The molecule has 0 aliphatic carbocycles. The number of anilines is 4. The van der Waals surface area contributed by atoms with Crippen molar-refractivity contribution in [1.82, 2.24) is 65.6 Å². The first-order valence-corrected chi connectivity index (χ1v) is 42.2. The predicted octanol–water partition coefficient (Wildman–Crippen LogP) is 0.246. The Morgan fingerprint density at radius 3 is 1.55 bits per heavy atom. The van der Waals surface area contributed by atoms with Crippen molar-refractivity contribution in [3.05, 3.63) is 95.6 Å². The van der Waals surface area contributed by atoms with Crippen LogP contribution in [0.3, 0.4) is 0 Å². The minimum atomic E-state index is -4.69. The van der Waals surface area contributed by atoms with Gasteiger partial charge in [0.25, 0.3) is 0 Å². The maximum absolute atomic E-state index is 13.6. The molecule has 0 radical (unpaired) electrons. The highest BCUT2D eigenvalue weighted by Crippen LogP contribution is 2.40. The van der Waals surface area contributed by atoms with Crippen LogP contribution in [0.5, 0.6) is 0 Å². The molecule has 129 heavy (non-hydrogen) atoms. The number of pyridine rings is 2. The number of nitriles is 1. The van der Waals surface area contributed by atoms with E-state index in [1.165, 1.54) is 0 Å². The van der Waals surface area contributed by atoms with Gasteiger partial charge in [0.2, 0.25) is 35.6 Å². The molecule has 0 saturated carbocycles. The summed E-state index contributed by atoms with van der Waals surface area (Å²) in [5.74, 6) is -0.960. The number of carbonyl (C=O) groups excluding carboxylic acids is 5. The van der Waals surface area contributed by atoms with Crippen molar-refractivity contribution in [2.24, 2.45) is 0 Å². The van der Waals surface area contributed by atoms with E-state index in [2.05, 4.69) is 57.6 Å². The molecule has 5 aliphatic heterocycles. The smallest absolute Gasteiger partial charge is 0.388 e. The molecule has 10 rings (SSSR count). The molecule has 0 bridgehead atoms. The van der Waals surface area contributed by atoms with Gasteiger partial charge in [0.1, 0.15) is 72.2 Å². The van der Waals surface area contributed by atoms with Gasteiger partial charge in [-0.2, -0.15) is 31.6 Å². The molecule has 5 aliphatic rings.